The van der Waals surface area contributed by atoms with E-state index >= 15 is 0 Å². The summed E-state index contributed by atoms with van der Waals surface area (Å²) in [6, 6.07) is 19.3. The van der Waals surface area contributed by atoms with Crippen molar-refractivity contribution in [3.05, 3.63) is 71.8 Å². The molecule has 120 valence electrons. The predicted molar refractivity (Wildman–Crippen MR) is 87.9 cm³/mol. The molecule has 1 aliphatic heterocycles. The maximum Gasteiger partial charge on any atom is 0.340 e. The van der Waals surface area contributed by atoms with Crippen molar-refractivity contribution in [3.63, 3.8) is 0 Å². The van der Waals surface area contributed by atoms with Gasteiger partial charge in [0.2, 0.25) is 5.79 Å². The van der Waals surface area contributed by atoms with Gasteiger partial charge in [-0.3, -0.25) is 4.90 Å². The minimum Gasteiger partial charge on any atom is -0.428 e. The Balaban J connectivity index is 1.63. The van der Waals surface area contributed by atoms with E-state index in [9.17, 15) is 4.79 Å². The van der Waals surface area contributed by atoms with Crippen LogP contribution in [-0.4, -0.2) is 36.4 Å². The Morgan fingerprint density at radius 2 is 1.78 bits per heavy atom. The normalized spacial score (nSPS) is 21.8. The molecule has 1 saturated heterocycles. The summed E-state index contributed by atoms with van der Waals surface area (Å²) >= 11 is 0. The van der Waals surface area contributed by atoms with E-state index in [1.54, 1.807) is 12.1 Å². The zero-order valence-corrected chi connectivity index (χ0v) is 13.3. The Kier molecular flexibility index (Phi) is 4.74. The molecule has 3 rings (SSSR count). The van der Waals surface area contributed by atoms with Crippen LogP contribution in [0.2, 0.25) is 0 Å². The Labute approximate surface area is 136 Å². The molecule has 1 heterocycles. The van der Waals surface area contributed by atoms with Crippen LogP contribution in [0.1, 0.15) is 22.8 Å². The van der Waals surface area contributed by atoms with Crippen LogP contribution in [0.3, 0.4) is 0 Å². The second kappa shape index (κ2) is 6.94. The van der Waals surface area contributed by atoms with E-state index in [1.165, 1.54) is 5.56 Å². The van der Waals surface area contributed by atoms with Crippen molar-refractivity contribution in [2.75, 3.05) is 19.7 Å². The molecule has 0 N–H and O–H groups in total. The smallest absolute Gasteiger partial charge is 0.340 e. The molecule has 0 amide bonds. The van der Waals surface area contributed by atoms with Crippen molar-refractivity contribution in [2.24, 2.45) is 0 Å². The van der Waals surface area contributed by atoms with E-state index in [0.717, 1.165) is 13.1 Å². The minimum atomic E-state index is -0.917. The maximum atomic E-state index is 12.3. The standard InChI is InChI=1S/C19H21NO3/c1-19(23-18(21)17-10-6-3-7-11-17)15-20(12-13-22-19)14-16-8-4-2-5-9-16/h2-11H,12-15H2,1H3/t19-/m0/s1. The Morgan fingerprint density at radius 3 is 2.48 bits per heavy atom. The quantitative estimate of drug-likeness (QED) is 0.813. The molecule has 1 fully saturated rings. The van der Waals surface area contributed by atoms with Gasteiger partial charge in [0, 0.05) is 20.0 Å². The molecule has 0 bridgehead atoms. The van der Waals surface area contributed by atoms with Crippen molar-refractivity contribution in [1.29, 1.82) is 0 Å². The van der Waals surface area contributed by atoms with Crippen LogP contribution >= 0.6 is 0 Å². The zero-order chi connectivity index (χ0) is 16.1. The first-order chi connectivity index (χ1) is 11.1. The lowest BCUT2D eigenvalue weighted by molar-refractivity contribution is -0.227. The molecule has 1 aliphatic rings. The monoisotopic (exact) mass is 311 g/mol. The summed E-state index contributed by atoms with van der Waals surface area (Å²) in [6.07, 6.45) is 0. The van der Waals surface area contributed by atoms with Gasteiger partial charge in [0.1, 0.15) is 0 Å². The molecule has 2 aromatic carbocycles. The van der Waals surface area contributed by atoms with Gasteiger partial charge in [-0.1, -0.05) is 48.5 Å². The summed E-state index contributed by atoms with van der Waals surface area (Å²) in [5.74, 6) is -1.27. The van der Waals surface area contributed by atoms with Crippen LogP contribution in [0.25, 0.3) is 0 Å². The highest BCUT2D eigenvalue weighted by atomic mass is 16.7. The van der Waals surface area contributed by atoms with Gasteiger partial charge in [-0.15, -0.1) is 0 Å². The summed E-state index contributed by atoms with van der Waals surface area (Å²) in [4.78, 5) is 14.5. The van der Waals surface area contributed by atoms with Crippen LogP contribution in [0, 0.1) is 0 Å². The number of ether oxygens (including phenoxy) is 2. The molecule has 1 atom stereocenters. The van der Waals surface area contributed by atoms with Gasteiger partial charge in [-0.2, -0.15) is 0 Å². The molecule has 0 aliphatic carbocycles. The van der Waals surface area contributed by atoms with Crippen LogP contribution in [0.5, 0.6) is 0 Å². The van der Waals surface area contributed by atoms with E-state index in [-0.39, 0.29) is 5.97 Å². The highest BCUT2D eigenvalue weighted by Gasteiger charge is 2.36. The van der Waals surface area contributed by atoms with Crippen molar-refractivity contribution >= 4 is 5.97 Å². The Bertz CT molecular complexity index is 644. The van der Waals surface area contributed by atoms with Gasteiger partial charge in [0.05, 0.1) is 18.7 Å². The molecule has 0 radical (unpaired) electrons. The molecule has 0 unspecified atom stereocenters. The SMILES string of the molecule is C[C@]1(OC(=O)c2ccccc2)CN(Cc2ccccc2)CCO1. The predicted octanol–water partition coefficient (Wildman–Crippen LogP) is 3.09. The number of carbonyl (C=O) groups is 1. The van der Waals surface area contributed by atoms with Crippen molar-refractivity contribution in [1.82, 2.24) is 4.90 Å². The van der Waals surface area contributed by atoms with Gasteiger partial charge in [0.15, 0.2) is 0 Å². The van der Waals surface area contributed by atoms with Gasteiger partial charge in [0.25, 0.3) is 0 Å². The molecule has 4 heteroatoms. The highest BCUT2D eigenvalue weighted by Crippen LogP contribution is 2.22. The van der Waals surface area contributed by atoms with E-state index in [2.05, 4.69) is 17.0 Å². The topological polar surface area (TPSA) is 38.8 Å². The maximum absolute atomic E-state index is 12.3. The fourth-order valence-electron chi connectivity index (χ4n) is 2.79. The fourth-order valence-corrected chi connectivity index (χ4v) is 2.79. The Hall–Kier alpha value is -2.17. The molecule has 0 saturated carbocycles. The van der Waals surface area contributed by atoms with Crippen LogP contribution < -0.4 is 0 Å². The lowest BCUT2D eigenvalue weighted by atomic mass is 10.1. The van der Waals surface area contributed by atoms with Crippen LogP contribution in [0.15, 0.2) is 60.7 Å². The number of morpholine rings is 1. The minimum absolute atomic E-state index is 0.352. The van der Waals surface area contributed by atoms with E-state index in [0.29, 0.717) is 18.7 Å². The summed E-state index contributed by atoms with van der Waals surface area (Å²) in [6.45, 7) is 4.58. The molecule has 0 spiro atoms. The molecule has 23 heavy (non-hydrogen) atoms. The summed E-state index contributed by atoms with van der Waals surface area (Å²) in [5.41, 5.74) is 1.78. The molecular weight excluding hydrogens is 290 g/mol. The number of hydrogen-bond donors (Lipinski definition) is 0. The lowest BCUT2D eigenvalue weighted by Gasteiger charge is -2.39. The number of esters is 1. The van der Waals surface area contributed by atoms with E-state index in [4.69, 9.17) is 9.47 Å². The largest absolute Gasteiger partial charge is 0.428 e. The second-order valence-electron chi connectivity index (χ2n) is 5.93. The highest BCUT2D eigenvalue weighted by molar-refractivity contribution is 5.89. The molecule has 2 aromatic rings. The first kappa shape index (κ1) is 15.7. The lowest BCUT2D eigenvalue weighted by Crippen LogP contribution is -2.52. The number of carbonyl (C=O) groups excluding carboxylic acids is 1. The first-order valence-electron chi connectivity index (χ1n) is 7.83. The third-order valence-corrected chi connectivity index (χ3v) is 3.89. The molecule has 4 nitrogen and oxygen atoms in total. The summed E-state index contributed by atoms with van der Waals surface area (Å²) in [7, 11) is 0. The Morgan fingerprint density at radius 1 is 1.13 bits per heavy atom. The van der Waals surface area contributed by atoms with Crippen LogP contribution in [0.4, 0.5) is 0 Å². The summed E-state index contributed by atoms with van der Waals surface area (Å²) in [5, 5.41) is 0. The number of nitrogens with zero attached hydrogens (tertiary/aromatic N) is 1. The van der Waals surface area contributed by atoms with Gasteiger partial charge >= 0.3 is 5.97 Å². The fraction of sp³-hybridized carbons (Fsp3) is 0.316. The van der Waals surface area contributed by atoms with Gasteiger partial charge in [-0.25, -0.2) is 4.79 Å². The number of rotatable bonds is 4. The van der Waals surface area contributed by atoms with E-state index < -0.39 is 5.79 Å². The second-order valence-corrected chi connectivity index (χ2v) is 5.93. The van der Waals surface area contributed by atoms with Crippen molar-refractivity contribution in [3.8, 4) is 0 Å². The molecule has 0 aromatic heterocycles. The zero-order valence-electron chi connectivity index (χ0n) is 13.3. The number of hydrogen-bond acceptors (Lipinski definition) is 4. The van der Waals surface area contributed by atoms with Gasteiger partial charge in [-0.05, 0) is 17.7 Å². The third-order valence-electron chi connectivity index (χ3n) is 3.89. The van der Waals surface area contributed by atoms with Crippen molar-refractivity contribution < 1.29 is 14.3 Å². The summed E-state index contributed by atoms with van der Waals surface area (Å²) < 4.78 is 11.4. The first-order valence-corrected chi connectivity index (χ1v) is 7.83. The average Bonchev–Trinajstić information content (AvgIpc) is 2.56. The third kappa shape index (κ3) is 4.18. The van der Waals surface area contributed by atoms with Crippen LogP contribution in [-0.2, 0) is 16.0 Å². The number of benzene rings is 2. The van der Waals surface area contributed by atoms with Crippen molar-refractivity contribution in [2.45, 2.75) is 19.3 Å². The average molecular weight is 311 g/mol. The van der Waals surface area contributed by atoms with Gasteiger partial charge < -0.3 is 9.47 Å². The molecular formula is C19H21NO3. The van der Waals surface area contributed by atoms with E-state index in [1.807, 2.05) is 43.3 Å².